The average molecular weight is 274 g/mol. The quantitative estimate of drug-likeness (QED) is 0.594. The summed E-state index contributed by atoms with van der Waals surface area (Å²) in [7, 11) is 0. The Morgan fingerprint density at radius 1 is 1.32 bits per heavy atom. The van der Waals surface area contributed by atoms with E-state index in [1.165, 1.54) is 0 Å². The van der Waals surface area contributed by atoms with Gasteiger partial charge in [0.2, 0.25) is 0 Å². The second-order valence-electron chi connectivity index (χ2n) is 4.67. The molecule has 0 saturated heterocycles. The van der Waals surface area contributed by atoms with Crippen LogP contribution in [0, 0.1) is 0 Å². The Balaban J connectivity index is 3.87. The van der Waals surface area contributed by atoms with E-state index in [0.717, 1.165) is 25.8 Å². The van der Waals surface area contributed by atoms with Gasteiger partial charge in [0.15, 0.2) is 0 Å². The Hall–Kier alpha value is -1.30. The summed E-state index contributed by atoms with van der Waals surface area (Å²) < 4.78 is 4.85. The van der Waals surface area contributed by atoms with Crippen LogP contribution in [-0.2, 0) is 9.53 Å². The van der Waals surface area contributed by atoms with E-state index in [9.17, 15) is 9.59 Å². The molecule has 112 valence electrons. The molecule has 2 N–H and O–H groups in total. The highest BCUT2D eigenvalue weighted by Crippen LogP contribution is 2.03. The third-order valence-electron chi connectivity index (χ3n) is 2.63. The largest absolute Gasteiger partial charge is 0.480 e. The lowest BCUT2D eigenvalue weighted by molar-refractivity contribution is -0.142. The lowest BCUT2D eigenvalue weighted by Gasteiger charge is -2.27. The molecule has 0 atom stereocenters. The number of nitrogens with one attached hydrogen (secondary N) is 1. The molecule has 0 aliphatic carbocycles. The zero-order valence-corrected chi connectivity index (χ0v) is 12.1. The first-order valence-corrected chi connectivity index (χ1v) is 6.83. The van der Waals surface area contributed by atoms with Crippen molar-refractivity contribution in [3.05, 3.63) is 0 Å². The molecule has 0 aliphatic rings. The second kappa shape index (κ2) is 10.6. The van der Waals surface area contributed by atoms with Crippen LogP contribution in [0.2, 0.25) is 0 Å². The molecule has 2 amide bonds. The molecule has 0 rings (SSSR count). The SMILES string of the molecule is CCCCCN(C(=O)NCCOCC(=O)O)C(C)C. The van der Waals surface area contributed by atoms with Crippen molar-refractivity contribution in [2.45, 2.75) is 46.1 Å². The molecule has 0 aromatic heterocycles. The van der Waals surface area contributed by atoms with Gasteiger partial charge in [-0.2, -0.15) is 0 Å². The molecule has 6 heteroatoms. The number of aliphatic carboxylic acids is 1. The summed E-state index contributed by atoms with van der Waals surface area (Å²) in [4.78, 5) is 23.9. The minimum absolute atomic E-state index is 0.120. The number of carboxylic acid groups (broad SMARTS) is 1. The standard InChI is InChI=1S/C13H26N2O4/c1-4-5-6-8-15(11(2)3)13(18)14-7-9-19-10-12(16)17/h11H,4-10H2,1-3H3,(H,14,18)(H,16,17). The number of carbonyl (C=O) groups excluding carboxylic acids is 1. The van der Waals surface area contributed by atoms with Gasteiger partial charge in [-0.05, 0) is 20.3 Å². The van der Waals surface area contributed by atoms with E-state index in [1.807, 2.05) is 13.8 Å². The van der Waals surface area contributed by atoms with Gasteiger partial charge in [0.25, 0.3) is 0 Å². The summed E-state index contributed by atoms with van der Waals surface area (Å²) >= 11 is 0. The van der Waals surface area contributed by atoms with Crippen molar-refractivity contribution in [3.8, 4) is 0 Å². The molecule has 0 fully saturated rings. The average Bonchev–Trinajstić information content (AvgIpc) is 2.33. The van der Waals surface area contributed by atoms with Crippen molar-refractivity contribution < 1.29 is 19.4 Å². The zero-order valence-electron chi connectivity index (χ0n) is 12.1. The van der Waals surface area contributed by atoms with Gasteiger partial charge in [-0.15, -0.1) is 0 Å². The zero-order chi connectivity index (χ0) is 14.7. The maximum atomic E-state index is 11.9. The molecule has 0 bridgehead atoms. The summed E-state index contributed by atoms with van der Waals surface area (Å²) in [5, 5.41) is 11.1. The van der Waals surface area contributed by atoms with Gasteiger partial charge in [-0.3, -0.25) is 0 Å². The molecule has 0 unspecified atom stereocenters. The Kier molecular flexibility index (Phi) is 9.88. The van der Waals surface area contributed by atoms with Crippen LogP contribution in [0.4, 0.5) is 4.79 Å². The number of urea groups is 1. The number of nitrogens with zero attached hydrogens (tertiary/aromatic N) is 1. The maximum absolute atomic E-state index is 11.9. The lowest BCUT2D eigenvalue weighted by atomic mass is 10.2. The van der Waals surface area contributed by atoms with Gasteiger partial charge in [0.05, 0.1) is 6.61 Å². The first-order chi connectivity index (χ1) is 8.99. The number of rotatable bonds is 10. The smallest absolute Gasteiger partial charge is 0.329 e. The van der Waals surface area contributed by atoms with Crippen LogP contribution in [0.25, 0.3) is 0 Å². The van der Waals surface area contributed by atoms with Gasteiger partial charge >= 0.3 is 12.0 Å². The Morgan fingerprint density at radius 3 is 2.53 bits per heavy atom. The van der Waals surface area contributed by atoms with Crippen molar-refractivity contribution in [2.75, 3.05) is 26.3 Å². The van der Waals surface area contributed by atoms with Crippen molar-refractivity contribution in [1.82, 2.24) is 10.2 Å². The van der Waals surface area contributed by atoms with E-state index >= 15 is 0 Å². The molecule has 19 heavy (non-hydrogen) atoms. The number of carboxylic acids is 1. The summed E-state index contributed by atoms with van der Waals surface area (Å²) in [5.74, 6) is -1.00. The third kappa shape index (κ3) is 9.30. The lowest BCUT2D eigenvalue weighted by Crippen LogP contribution is -2.45. The van der Waals surface area contributed by atoms with Gasteiger partial charge in [-0.25, -0.2) is 9.59 Å². The minimum atomic E-state index is -1.00. The Labute approximate surface area is 115 Å². The molecule has 6 nitrogen and oxygen atoms in total. The third-order valence-corrected chi connectivity index (χ3v) is 2.63. The first-order valence-electron chi connectivity index (χ1n) is 6.83. The maximum Gasteiger partial charge on any atom is 0.329 e. The topological polar surface area (TPSA) is 78.9 Å². The van der Waals surface area contributed by atoms with E-state index in [0.29, 0.717) is 6.54 Å². The summed E-state index contributed by atoms with van der Waals surface area (Å²) in [6.07, 6.45) is 3.23. The fraction of sp³-hybridized carbons (Fsp3) is 0.846. The number of amides is 2. The van der Waals surface area contributed by atoms with Crippen LogP contribution in [0.5, 0.6) is 0 Å². The molecular weight excluding hydrogens is 248 g/mol. The molecule has 0 aromatic rings. The highest BCUT2D eigenvalue weighted by atomic mass is 16.5. The summed E-state index contributed by atoms with van der Waals surface area (Å²) in [6, 6.07) is 0.0295. The highest BCUT2D eigenvalue weighted by Gasteiger charge is 2.15. The number of unbranched alkanes of at least 4 members (excludes halogenated alkanes) is 2. The second-order valence-corrected chi connectivity index (χ2v) is 4.67. The predicted octanol–water partition coefficient (Wildman–Crippen LogP) is 1.70. The van der Waals surface area contributed by atoms with Crippen molar-refractivity contribution in [2.24, 2.45) is 0 Å². The van der Waals surface area contributed by atoms with E-state index in [1.54, 1.807) is 4.90 Å². The molecule has 0 aromatic carbocycles. The van der Waals surface area contributed by atoms with Crippen LogP contribution in [0.15, 0.2) is 0 Å². The first kappa shape index (κ1) is 17.7. The number of hydrogen-bond donors (Lipinski definition) is 2. The van der Waals surface area contributed by atoms with E-state index in [2.05, 4.69) is 12.2 Å². The van der Waals surface area contributed by atoms with Crippen LogP contribution in [-0.4, -0.2) is 54.4 Å². The highest BCUT2D eigenvalue weighted by molar-refractivity contribution is 5.74. The van der Waals surface area contributed by atoms with Crippen molar-refractivity contribution in [3.63, 3.8) is 0 Å². The van der Waals surface area contributed by atoms with Gasteiger partial charge < -0.3 is 20.1 Å². The molecule has 0 aliphatic heterocycles. The van der Waals surface area contributed by atoms with Gasteiger partial charge in [0.1, 0.15) is 6.61 Å². The monoisotopic (exact) mass is 274 g/mol. The van der Waals surface area contributed by atoms with Gasteiger partial charge in [0, 0.05) is 19.1 Å². The van der Waals surface area contributed by atoms with Crippen LogP contribution in [0.3, 0.4) is 0 Å². The normalized spacial score (nSPS) is 10.5. The molecule has 0 saturated carbocycles. The van der Waals surface area contributed by atoms with Gasteiger partial charge in [-0.1, -0.05) is 19.8 Å². The molecule has 0 spiro atoms. The number of hydrogen-bond acceptors (Lipinski definition) is 3. The molecular formula is C13H26N2O4. The van der Waals surface area contributed by atoms with E-state index in [-0.39, 0.29) is 25.3 Å². The Morgan fingerprint density at radius 2 is 2.00 bits per heavy atom. The number of carbonyl (C=O) groups is 2. The number of ether oxygens (including phenoxy) is 1. The van der Waals surface area contributed by atoms with Crippen LogP contribution < -0.4 is 5.32 Å². The predicted molar refractivity (Wildman–Crippen MR) is 73.2 cm³/mol. The summed E-state index contributed by atoms with van der Waals surface area (Å²) in [5.41, 5.74) is 0. The minimum Gasteiger partial charge on any atom is -0.480 e. The molecule has 0 heterocycles. The fourth-order valence-electron chi connectivity index (χ4n) is 1.62. The van der Waals surface area contributed by atoms with Crippen LogP contribution >= 0.6 is 0 Å². The van der Waals surface area contributed by atoms with E-state index in [4.69, 9.17) is 9.84 Å². The van der Waals surface area contributed by atoms with Crippen LogP contribution in [0.1, 0.15) is 40.0 Å². The fourth-order valence-corrected chi connectivity index (χ4v) is 1.62. The van der Waals surface area contributed by atoms with E-state index < -0.39 is 5.97 Å². The Bertz CT molecular complexity index is 269. The van der Waals surface area contributed by atoms with Crippen molar-refractivity contribution in [1.29, 1.82) is 0 Å². The summed E-state index contributed by atoms with van der Waals surface area (Å²) in [6.45, 7) is 7.02. The van der Waals surface area contributed by atoms with Crippen molar-refractivity contribution >= 4 is 12.0 Å². The molecule has 0 radical (unpaired) electrons.